The van der Waals surface area contributed by atoms with E-state index in [1.54, 1.807) is 12.1 Å². The van der Waals surface area contributed by atoms with Crippen LogP contribution >= 0.6 is 0 Å². The summed E-state index contributed by atoms with van der Waals surface area (Å²) in [6, 6.07) is 11.5. The summed E-state index contributed by atoms with van der Waals surface area (Å²) < 4.78 is 32.4. The lowest BCUT2D eigenvalue weighted by molar-refractivity contribution is 0.554. The molecule has 0 radical (unpaired) electrons. The molecular formula is C15H14N2O4S. The van der Waals surface area contributed by atoms with Crippen LogP contribution in [-0.2, 0) is 16.4 Å². The molecule has 0 aliphatic heterocycles. The third kappa shape index (κ3) is 2.62. The lowest BCUT2D eigenvalue weighted by Crippen LogP contribution is -2.14. The van der Waals surface area contributed by atoms with Crippen LogP contribution in [-0.4, -0.2) is 13.4 Å². The van der Waals surface area contributed by atoms with E-state index in [0.717, 1.165) is 5.56 Å². The van der Waals surface area contributed by atoms with Gasteiger partial charge in [-0.15, -0.1) is 0 Å². The molecule has 2 aromatic carbocycles. The Labute approximate surface area is 126 Å². The molecule has 0 aliphatic carbocycles. The van der Waals surface area contributed by atoms with E-state index in [4.69, 9.17) is 4.42 Å². The molecule has 1 aromatic heterocycles. The van der Waals surface area contributed by atoms with E-state index < -0.39 is 15.8 Å². The van der Waals surface area contributed by atoms with Crippen LogP contribution in [0.3, 0.4) is 0 Å². The van der Waals surface area contributed by atoms with Crippen LogP contribution in [0.1, 0.15) is 12.5 Å². The molecule has 0 spiro atoms. The predicted molar refractivity (Wildman–Crippen MR) is 83.5 cm³/mol. The molecule has 0 aliphatic rings. The monoisotopic (exact) mass is 318 g/mol. The minimum absolute atomic E-state index is 0.0358. The first-order valence-corrected chi connectivity index (χ1v) is 8.21. The normalized spacial score (nSPS) is 11.7. The molecule has 0 amide bonds. The van der Waals surface area contributed by atoms with E-state index in [0.29, 0.717) is 17.6 Å². The summed E-state index contributed by atoms with van der Waals surface area (Å²) in [4.78, 5) is 13.6. The van der Waals surface area contributed by atoms with Crippen LogP contribution in [0.5, 0.6) is 0 Å². The number of aryl methyl sites for hydroxylation is 1. The van der Waals surface area contributed by atoms with Crippen molar-refractivity contribution in [3.63, 3.8) is 0 Å². The number of hydrogen-bond acceptors (Lipinski definition) is 4. The van der Waals surface area contributed by atoms with Gasteiger partial charge < -0.3 is 4.42 Å². The Morgan fingerprint density at radius 2 is 1.95 bits per heavy atom. The van der Waals surface area contributed by atoms with E-state index in [2.05, 4.69) is 9.71 Å². The number of rotatable bonds is 4. The smallest absolute Gasteiger partial charge is 0.408 e. The van der Waals surface area contributed by atoms with Gasteiger partial charge in [-0.3, -0.25) is 9.71 Å². The van der Waals surface area contributed by atoms with E-state index in [1.807, 2.05) is 19.1 Å². The third-order valence-corrected chi connectivity index (χ3v) is 4.71. The Morgan fingerprint density at radius 3 is 2.73 bits per heavy atom. The van der Waals surface area contributed by atoms with Gasteiger partial charge >= 0.3 is 5.76 Å². The quantitative estimate of drug-likeness (QED) is 0.773. The zero-order valence-corrected chi connectivity index (χ0v) is 12.6. The Hall–Kier alpha value is -2.54. The molecule has 7 heteroatoms. The van der Waals surface area contributed by atoms with Gasteiger partial charge in [0.25, 0.3) is 10.0 Å². The highest BCUT2D eigenvalue weighted by Crippen LogP contribution is 2.22. The number of aromatic amines is 1. The Bertz CT molecular complexity index is 986. The van der Waals surface area contributed by atoms with Crippen LogP contribution in [0.4, 0.5) is 5.69 Å². The average Bonchev–Trinajstić information content (AvgIpc) is 2.86. The van der Waals surface area contributed by atoms with Gasteiger partial charge in [0.05, 0.1) is 16.1 Å². The highest BCUT2D eigenvalue weighted by molar-refractivity contribution is 7.92. The molecule has 0 unspecified atom stereocenters. The van der Waals surface area contributed by atoms with Crippen molar-refractivity contribution in [1.82, 2.24) is 4.98 Å². The molecule has 2 N–H and O–H groups in total. The molecule has 0 fully saturated rings. The highest BCUT2D eigenvalue weighted by Gasteiger charge is 2.17. The average molecular weight is 318 g/mol. The molecule has 3 rings (SSSR count). The molecule has 3 aromatic rings. The highest BCUT2D eigenvalue weighted by atomic mass is 32.2. The number of hydrogen-bond donors (Lipinski definition) is 2. The first-order valence-electron chi connectivity index (χ1n) is 6.73. The van der Waals surface area contributed by atoms with Gasteiger partial charge in [0, 0.05) is 6.07 Å². The van der Waals surface area contributed by atoms with Crippen molar-refractivity contribution in [2.75, 3.05) is 4.72 Å². The van der Waals surface area contributed by atoms with Gasteiger partial charge in [-0.2, -0.15) is 0 Å². The summed E-state index contributed by atoms with van der Waals surface area (Å²) >= 11 is 0. The largest absolute Gasteiger partial charge is 0.417 e. The summed E-state index contributed by atoms with van der Waals surface area (Å²) in [6.45, 7) is 1.95. The van der Waals surface area contributed by atoms with Crippen LogP contribution in [0.15, 0.2) is 56.6 Å². The maximum atomic E-state index is 12.5. The lowest BCUT2D eigenvalue weighted by Gasteiger charge is -2.11. The van der Waals surface area contributed by atoms with E-state index in [9.17, 15) is 13.2 Å². The number of H-pyrrole nitrogens is 1. The van der Waals surface area contributed by atoms with Gasteiger partial charge in [0.1, 0.15) is 0 Å². The Morgan fingerprint density at radius 1 is 1.18 bits per heavy atom. The zero-order chi connectivity index (χ0) is 15.7. The van der Waals surface area contributed by atoms with Crippen LogP contribution in [0.2, 0.25) is 0 Å². The Kier molecular flexibility index (Phi) is 3.50. The van der Waals surface area contributed by atoms with Gasteiger partial charge in [0.15, 0.2) is 5.58 Å². The zero-order valence-electron chi connectivity index (χ0n) is 11.8. The van der Waals surface area contributed by atoms with E-state index in [1.165, 1.54) is 18.2 Å². The van der Waals surface area contributed by atoms with Crippen LogP contribution < -0.4 is 10.5 Å². The van der Waals surface area contributed by atoms with Crippen molar-refractivity contribution in [2.24, 2.45) is 0 Å². The number of fused-ring (bicyclic) bond motifs is 1. The van der Waals surface area contributed by atoms with E-state index in [-0.39, 0.29) is 10.5 Å². The number of nitrogens with one attached hydrogen (secondary N) is 2. The fourth-order valence-corrected chi connectivity index (χ4v) is 3.34. The van der Waals surface area contributed by atoms with Crippen molar-refractivity contribution in [2.45, 2.75) is 18.2 Å². The first-order chi connectivity index (χ1) is 10.5. The van der Waals surface area contributed by atoms with E-state index >= 15 is 0 Å². The fraction of sp³-hybridized carbons (Fsp3) is 0.133. The summed E-state index contributed by atoms with van der Waals surface area (Å²) in [5.74, 6) is -0.617. The number of anilines is 1. The maximum Gasteiger partial charge on any atom is 0.417 e. The van der Waals surface area contributed by atoms with Crippen LogP contribution in [0.25, 0.3) is 11.1 Å². The first kappa shape index (κ1) is 14.4. The van der Waals surface area contributed by atoms with Crippen molar-refractivity contribution in [3.8, 4) is 0 Å². The van der Waals surface area contributed by atoms with Gasteiger partial charge in [-0.25, -0.2) is 13.2 Å². The van der Waals surface area contributed by atoms with Crippen molar-refractivity contribution in [1.29, 1.82) is 0 Å². The van der Waals surface area contributed by atoms with Crippen molar-refractivity contribution >= 4 is 26.8 Å². The number of aromatic nitrogens is 1. The van der Waals surface area contributed by atoms with Gasteiger partial charge in [0.2, 0.25) is 0 Å². The number of oxazole rings is 1. The predicted octanol–water partition coefficient (Wildman–Crippen LogP) is 2.48. The SMILES string of the molecule is CCc1ccccc1NS(=O)(=O)c1ccc2[nH]c(=O)oc2c1. The molecule has 0 bridgehead atoms. The standard InChI is InChI=1S/C15H14N2O4S/c1-2-10-5-3-4-6-12(10)17-22(19,20)11-7-8-13-14(9-11)21-15(18)16-13/h3-9,17H,2H2,1H3,(H,16,18). The minimum Gasteiger partial charge on any atom is -0.408 e. The van der Waals surface area contributed by atoms with Crippen LogP contribution in [0, 0.1) is 0 Å². The summed E-state index contributed by atoms with van der Waals surface area (Å²) in [5.41, 5.74) is 2.11. The Balaban J connectivity index is 2.02. The number of para-hydroxylation sites is 1. The molecule has 114 valence electrons. The second-order valence-electron chi connectivity index (χ2n) is 4.79. The molecule has 0 saturated heterocycles. The maximum absolute atomic E-state index is 12.5. The summed E-state index contributed by atoms with van der Waals surface area (Å²) in [7, 11) is -3.75. The molecule has 6 nitrogen and oxygen atoms in total. The second-order valence-corrected chi connectivity index (χ2v) is 6.47. The molecule has 0 atom stereocenters. The molecule has 22 heavy (non-hydrogen) atoms. The number of benzene rings is 2. The molecular weight excluding hydrogens is 304 g/mol. The second kappa shape index (κ2) is 5.34. The summed E-state index contributed by atoms with van der Waals surface area (Å²) in [5, 5.41) is 0. The van der Waals surface area contributed by atoms with Crippen molar-refractivity contribution in [3.05, 3.63) is 58.6 Å². The molecule has 1 heterocycles. The van der Waals surface area contributed by atoms with Crippen molar-refractivity contribution < 1.29 is 12.8 Å². The van der Waals surface area contributed by atoms with Gasteiger partial charge in [-0.1, -0.05) is 25.1 Å². The summed E-state index contributed by atoms with van der Waals surface area (Å²) in [6.07, 6.45) is 0.713. The topological polar surface area (TPSA) is 92.2 Å². The fourth-order valence-electron chi connectivity index (χ4n) is 2.22. The number of sulfonamides is 1. The lowest BCUT2D eigenvalue weighted by atomic mass is 10.1. The molecule has 0 saturated carbocycles. The van der Waals surface area contributed by atoms with Gasteiger partial charge in [-0.05, 0) is 30.2 Å². The minimum atomic E-state index is -3.75. The third-order valence-electron chi connectivity index (χ3n) is 3.35.